The number of urea groups is 1. The Labute approximate surface area is 168 Å². The minimum Gasteiger partial charge on any atom is -0.489 e. The second kappa shape index (κ2) is 8.16. The number of nitrogens with zero attached hydrogens (tertiary/aromatic N) is 1. The van der Waals surface area contributed by atoms with Crippen LogP contribution < -0.4 is 15.4 Å². The summed E-state index contributed by atoms with van der Waals surface area (Å²) in [6, 6.07) is 13.4. The number of nitrogens with one attached hydrogen (secondary N) is 3. The van der Waals surface area contributed by atoms with Crippen LogP contribution in [-0.2, 0) is 6.61 Å². The van der Waals surface area contributed by atoms with Crippen molar-refractivity contribution in [2.45, 2.75) is 6.61 Å². The number of fused-ring (bicyclic) bond motifs is 1. The third-order valence-electron chi connectivity index (χ3n) is 4.33. The van der Waals surface area contributed by atoms with Crippen molar-refractivity contribution < 1.29 is 22.7 Å². The predicted molar refractivity (Wildman–Crippen MR) is 106 cm³/mol. The summed E-state index contributed by atoms with van der Waals surface area (Å²) >= 11 is 0. The summed E-state index contributed by atoms with van der Waals surface area (Å²) in [6.45, 7) is -0.307. The van der Waals surface area contributed by atoms with E-state index >= 15 is 0 Å². The second-order valence-electron chi connectivity index (χ2n) is 6.33. The first-order valence-corrected chi connectivity index (χ1v) is 8.87. The molecular weight excluding hydrogens is 397 g/mol. The zero-order valence-corrected chi connectivity index (χ0v) is 15.4. The third-order valence-corrected chi connectivity index (χ3v) is 4.33. The van der Waals surface area contributed by atoms with E-state index in [1.165, 1.54) is 24.3 Å². The molecule has 0 saturated heterocycles. The Morgan fingerprint density at radius 2 is 1.67 bits per heavy atom. The molecule has 0 fully saturated rings. The molecule has 0 unspecified atom stereocenters. The minimum atomic E-state index is -0.702. The molecule has 0 aliphatic rings. The van der Waals surface area contributed by atoms with Gasteiger partial charge in [-0.25, -0.2) is 18.0 Å². The van der Waals surface area contributed by atoms with Crippen molar-refractivity contribution in [1.82, 2.24) is 10.2 Å². The molecule has 4 rings (SSSR count). The Hall–Kier alpha value is -4.01. The topological polar surface area (TPSA) is 79.0 Å². The average Bonchev–Trinajstić information content (AvgIpc) is 3.11. The Bertz CT molecular complexity index is 1210. The summed E-state index contributed by atoms with van der Waals surface area (Å²) in [5.41, 5.74) is 0.429. The molecule has 3 N–H and O–H groups in total. The number of hydrogen-bond acceptors (Lipinski definition) is 3. The molecule has 0 atom stereocenters. The molecule has 2 amide bonds. The van der Waals surface area contributed by atoms with Crippen LogP contribution in [-0.4, -0.2) is 16.2 Å². The summed E-state index contributed by atoms with van der Waals surface area (Å²) in [6.07, 6.45) is 0. The van der Waals surface area contributed by atoms with Gasteiger partial charge in [0.15, 0.2) is 5.82 Å². The van der Waals surface area contributed by atoms with Crippen molar-refractivity contribution in [2.75, 3.05) is 10.6 Å². The van der Waals surface area contributed by atoms with Crippen LogP contribution in [0.1, 0.15) is 5.56 Å². The summed E-state index contributed by atoms with van der Waals surface area (Å²) in [5.74, 6) is -1.47. The molecule has 6 nitrogen and oxygen atoms in total. The van der Waals surface area contributed by atoms with Crippen molar-refractivity contribution in [1.29, 1.82) is 0 Å². The number of carbonyl (C=O) groups excluding carboxylic acids is 1. The lowest BCUT2D eigenvalue weighted by Gasteiger charge is -2.09. The van der Waals surface area contributed by atoms with E-state index in [-0.39, 0.29) is 23.7 Å². The number of H-pyrrole nitrogens is 1. The van der Waals surface area contributed by atoms with Gasteiger partial charge in [-0.1, -0.05) is 18.2 Å². The zero-order valence-electron chi connectivity index (χ0n) is 15.4. The van der Waals surface area contributed by atoms with E-state index in [1.807, 2.05) is 0 Å². The number of hydrogen-bond donors (Lipinski definition) is 3. The fraction of sp³-hybridized carbons (Fsp3) is 0.0476. The Kier molecular flexibility index (Phi) is 5.25. The highest BCUT2D eigenvalue weighted by Gasteiger charge is 2.13. The van der Waals surface area contributed by atoms with Crippen molar-refractivity contribution >= 4 is 28.4 Å². The third kappa shape index (κ3) is 4.04. The van der Waals surface area contributed by atoms with Gasteiger partial charge in [-0.05, 0) is 42.5 Å². The number of aromatic nitrogens is 2. The summed E-state index contributed by atoms with van der Waals surface area (Å²) in [7, 11) is 0. The summed E-state index contributed by atoms with van der Waals surface area (Å²) in [5, 5.41) is 12.2. The van der Waals surface area contributed by atoms with Crippen LogP contribution in [0.2, 0.25) is 0 Å². The smallest absolute Gasteiger partial charge is 0.324 e. The molecule has 152 valence electrons. The normalized spacial score (nSPS) is 10.8. The van der Waals surface area contributed by atoms with Crippen LogP contribution in [0.5, 0.6) is 5.75 Å². The van der Waals surface area contributed by atoms with Crippen LogP contribution in [0.25, 0.3) is 10.9 Å². The summed E-state index contributed by atoms with van der Waals surface area (Å²) < 4.78 is 46.7. The number of amides is 2. The van der Waals surface area contributed by atoms with Gasteiger partial charge < -0.3 is 10.1 Å². The number of benzene rings is 3. The molecule has 3 aromatic carbocycles. The molecule has 0 saturated carbocycles. The largest absolute Gasteiger partial charge is 0.489 e. The molecule has 0 radical (unpaired) electrons. The first-order valence-electron chi connectivity index (χ1n) is 8.87. The Balaban J connectivity index is 1.50. The number of ether oxygens (including phenoxy) is 1. The van der Waals surface area contributed by atoms with E-state index in [4.69, 9.17) is 4.74 Å². The molecule has 0 aliphatic carbocycles. The lowest BCUT2D eigenvalue weighted by Crippen LogP contribution is -2.20. The molecule has 1 aromatic heterocycles. The highest BCUT2D eigenvalue weighted by Crippen LogP contribution is 2.26. The van der Waals surface area contributed by atoms with Gasteiger partial charge in [0.05, 0.1) is 16.8 Å². The van der Waals surface area contributed by atoms with Gasteiger partial charge in [0.1, 0.15) is 29.8 Å². The van der Waals surface area contributed by atoms with Crippen molar-refractivity contribution in [3.05, 3.63) is 83.7 Å². The summed E-state index contributed by atoms with van der Waals surface area (Å²) in [4.78, 5) is 12.2. The molecule has 0 bridgehead atoms. The number of carbonyl (C=O) groups is 1. The molecule has 9 heteroatoms. The van der Waals surface area contributed by atoms with E-state index in [1.54, 1.807) is 24.3 Å². The Morgan fingerprint density at radius 3 is 2.43 bits per heavy atom. The van der Waals surface area contributed by atoms with Gasteiger partial charge in [-0.15, -0.1) is 0 Å². The fourth-order valence-corrected chi connectivity index (χ4v) is 2.83. The monoisotopic (exact) mass is 412 g/mol. The van der Waals surface area contributed by atoms with Crippen molar-refractivity contribution in [3.63, 3.8) is 0 Å². The van der Waals surface area contributed by atoms with Gasteiger partial charge >= 0.3 is 6.03 Å². The van der Waals surface area contributed by atoms with E-state index in [2.05, 4.69) is 20.8 Å². The SMILES string of the molecule is O=C(Nc1ccccc1F)Nc1n[nH]c2ccc(OCc3c(F)cccc3F)cc12. The maximum absolute atomic E-state index is 13.8. The number of halogens is 3. The van der Waals surface area contributed by atoms with Crippen molar-refractivity contribution in [2.24, 2.45) is 0 Å². The Morgan fingerprint density at radius 1 is 0.933 bits per heavy atom. The maximum Gasteiger partial charge on any atom is 0.324 e. The van der Waals surface area contributed by atoms with Gasteiger partial charge in [0, 0.05) is 5.39 Å². The van der Waals surface area contributed by atoms with Crippen LogP contribution in [0.15, 0.2) is 60.7 Å². The number of para-hydroxylation sites is 1. The molecule has 0 aliphatic heterocycles. The first kappa shape index (κ1) is 19.3. The highest BCUT2D eigenvalue weighted by molar-refractivity contribution is 6.04. The predicted octanol–water partition coefficient (Wildman–Crippen LogP) is 5.20. The maximum atomic E-state index is 13.8. The van der Waals surface area contributed by atoms with E-state index in [0.717, 1.165) is 12.1 Å². The molecule has 4 aromatic rings. The van der Waals surface area contributed by atoms with E-state index < -0.39 is 23.5 Å². The fourth-order valence-electron chi connectivity index (χ4n) is 2.83. The number of rotatable bonds is 5. The van der Waals surface area contributed by atoms with Crippen LogP contribution in [0.4, 0.5) is 29.5 Å². The lowest BCUT2D eigenvalue weighted by molar-refractivity contribution is 0.262. The molecule has 1 heterocycles. The highest BCUT2D eigenvalue weighted by atomic mass is 19.1. The van der Waals surface area contributed by atoms with E-state index in [0.29, 0.717) is 16.7 Å². The number of anilines is 2. The minimum absolute atomic E-state index is 0.0192. The van der Waals surface area contributed by atoms with Gasteiger partial charge in [-0.3, -0.25) is 10.4 Å². The quantitative estimate of drug-likeness (QED) is 0.421. The number of aromatic amines is 1. The van der Waals surface area contributed by atoms with Crippen LogP contribution >= 0.6 is 0 Å². The standard InChI is InChI=1S/C21H15F3N4O2/c22-15-5-3-6-16(23)14(15)11-30-12-8-9-18-13(10-12)20(28-27-18)26-21(29)25-19-7-2-1-4-17(19)24/h1-10H,11H2,(H3,25,26,27,28,29). The first-order chi connectivity index (χ1) is 14.5. The van der Waals surface area contributed by atoms with Gasteiger partial charge in [0.2, 0.25) is 0 Å². The van der Waals surface area contributed by atoms with E-state index in [9.17, 15) is 18.0 Å². The van der Waals surface area contributed by atoms with Gasteiger partial charge in [0.25, 0.3) is 0 Å². The average molecular weight is 412 g/mol. The molecule has 30 heavy (non-hydrogen) atoms. The molecular formula is C21H15F3N4O2. The lowest BCUT2D eigenvalue weighted by atomic mass is 10.2. The zero-order chi connectivity index (χ0) is 21.1. The molecule has 0 spiro atoms. The van der Waals surface area contributed by atoms with Crippen LogP contribution in [0.3, 0.4) is 0 Å². The van der Waals surface area contributed by atoms with Crippen molar-refractivity contribution in [3.8, 4) is 5.75 Å². The second-order valence-corrected chi connectivity index (χ2v) is 6.33. The van der Waals surface area contributed by atoms with Gasteiger partial charge in [-0.2, -0.15) is 5.10 Å². The van der Waals surface area contributed by atoms with Crippen LogP contribution in [0, 0.1) is 17.5 Å².